The van der Waals surface area contributed by atoms with E-state index >= 15 is 0 Å². The average molecular weight is 397 g/mol. The fourth-order valence-corrected chi connectivity index (χ4v) is 3.39. The van der Waals surface area contributed by atoms with Crippen LogP contribution in [0.25, 0.3) is 0 Å². The van der Waals surface area contributed by atoms with E-state index in [-0.39, 0.29) is 0 Å². The Morgan fingerprint density at radius 1 is 1.00 bits per heavy atom. The molecule has 2 rings (SSSR count). The highest BCUT2D eigenvalue weighted by molar-refractivity contribution is 9.11. The van der Waals surface area contributed by atoms with E-state index in [0.717, 1.165) is 21.1 Å². The predicted octanol–water partition coefficient (Wildman–Crippen LogP) is 6.41. The van der Waals surface area contributed by atoms with Gasteiger partial charge in [-0.25, -0.2) is 0 Å². The highest BCUT2D eigenvalue weighted by atomic mass is 79.9. The molecule has 2 aromatic rings. The SMILES string of the molecule is CC(C)CC(Nc1ccc(Br)cc1Br)c1ccccc1. The minimum atomic E-state index is 0.327. The molecule has 1 nitrogen and oxygen atoms in total. The molecule has 0 spiro atoms. The molecule has 0 saturated heterocycles. The normalized spacial score (nSPS) is 12.4. The summed E-state index contributed by atoms with van der Waals surface area (Å²) < 4.78 is 2.16. The molecule has 1 atom stereocenters. The van der Waals surface area contributed by atoms with Crippen molar-refractivity contribution >= 4 is 37.5 Å². The maximum Gasteiger partial charge on any atom is 0.0516 e. The van der Waals surface area contributed by atoms with Crippen molar-refractivity contribution in [2.24, 2.45) is 5.92 Å². The van der Waals surface area contributed by atoms with Gasteiger partial charge in [-0.1, -0.05) is 60.1 Å². The Morgan fingerprint density at radius 2 is 1.70 bits per heavy atom. The lowest BCUT2D eigenvalue weighted by molar-refractivity contribution is 0.531. The molecular formula is C17H19Br2N. The second kappa shape index (κ2) is 7.28. The quantitative estimate of drug-likeness (QED) is 0.615. The van der Waals surface area contributed by atoms with Crippen molar-refractivity contribution in [3.63, 3.8) is 0 Å². The third-order valence-electron chi connectivity index (χ3n) is 3.17. The monoisotopic (exact) mass is 395 g/mol. The van der Waals surface area contributed by atoms with Crippen molar-refractivity contribution < 1.29 is 0 Å². The predicted molar refractivity (Wildman–Crippen MR) is 94.1 cm³/mol. The van der Waals surface area contributed by atoms with Crippen LogP contribution in [0.5, 0.6) is 0 Å². The van der Waals surface area contributed by atoms with Crippen molar-refractivity contribution in [1.82, 2.24) is 0 Å². The first-order valence-corrected chi connectivity index (χ1v) is 8.41. The van der Waals surface area contributed by atoms with Gasteiger partial charge in [0.15, 0.2) is 0 Å². The molecule has 0 saturated carbocycles. The summed E-state index contributed by atoms with van der Waals surface area (Å²) in [6.45, 7) is 4.52. The zero-order valence-electron chi connectivity index (χ0n) is 11.7. The number of anilines is 1. The zero-order chi connectivity index (χ0) is 14.5. The topological polar surface area (TPSA) is 12.0 Å². The number of rotatable bonds is 5. The van der Waals surface area contributed by atoms with Crippen LogP contribution in [0.3, 0.4) is 0 Å². The summed E-state index contributed by atoms with van der Waals surface area (Å²) in [5.41, 5.74) is 2.46. The molecular weight excluding hydrogens is 378 g/mol. The minimum Gasteiger partial charge on any atom is -0.377 e. The first-order valence-electron chi connectivity index (χ1n) is 6.83. The summed E-state index contributed by atoms with van der Waals surface area (Å²) in [6.07, 6.45) is 1.10. The average Bonchev–Trinajstić information content (AvgIpc) is 2.41. The Kier molecular flexibility index (Phi) is 5.67. The summed E-state index contributed by atoms with van der Waals surface area (Å²) >= 11 is 7.11. The first kappa shape index (κ1) is 15.6. The van der Waals surface area contributed by atoms with E-state index in [0.29, 0.717) is 12.0 Å². The van der Waals surface area contributed by atoms with E-state index in [2.05, 4.69) is 99.6 Å². The summed E-state index contributed by atoms with van der Waals surface area (Å²) in [6, 6.07) is 17.2. The molecule has 0 amide bonds. The van der Waals surface area contributed by atoms with Crippen molar-refractivity contribution in [2.45, 2.75) is 26.3 Å². The van der Waals surface area contributed by atoms with Gasteiger partial charge in [0.05, 0.1) is 6.04 Å². The number of hydrogen-bond acceptors (Lipinski definition) is 1. The molecule has 1 N–H and O–H groups in total. The van der Waals surface area contributed by atoms with Crippen LogP contribution in [-0.4, -0.2) is 0 Å². The van der Waals surface area contributed by atoms with E-state index in [1.807, 2.05) is 0 Å². The van der Waals surface area contributed by atoms with Gasteiger partial charge >= 0.3 is 0 Å². The highest BCUT2D eigenvalue weighted by Gasteiger charge is 2.14. The molecule has 1 unspecified atom stereocenters. The third-order valence-corrected chi connectivity index (χ3v) is 4.32. The van der Waals surface area contributed by atoms with Gasteiger partial charge in [0.25, 0.3) is 0 Å². The standard InChI is InChI=1S/C17H19Br2N/c1-12(2)10-17(13-6-4-3-5-7-13)20-16-9-8-14(18)11-15(16)19/h3-9,11-12,17,20H,10H2,1-2H3. The molecule has 0 bridgehead atoms. The largest absolute Gasteiger partial charge is 0.377 e. The van der Waals surface area contributed by atoms with Crippen LogP contribution >= 0.6 is 31.9 Å². The Labute approximate surface area is 138 Å². The molecule has 0 aliphatic heterocycles. The summed E-state index contributed by atoms with van der Waals surface area (Å²) in [5, 5.41) is 3.65. The number of hydrogen-bond donors (Lipinski definition) is 1. The van der Waals surface area contributed by atoms with Crippen molar-refractivity contribution in [2.75, 3.05) is 5.32 Å². The lowest BCUT2D eigenvalue weighted by Gasteiger charge is -2.23. The first-order chi connectivity index (χ1) is 9.56. The zero-order valence-corrected chi connectivity index (χ0v) is 14.9. The van der Waals surface area contributed by atoms with Gasteiger partial charge in [0, 0.05) is 14.6 Å². The molecule has 3 heteroatoms. The lowest BCUT2D eigenvalue weighted by atomic mass is 9.97. The van der Waals surface area contributed by atoms with E-state index in [9.17, 15) is 0 Å². The minimum absolute atomic E-state index is 0.327. The van der Waals surface area contributed by atoms with Crippen molar-refractivity contribution in [3.8, 4) is 0 Å². The Morgan fingerprint density at radius 3 is 2.30 bits per heavy atom. The second-order valence-corrected chi connectivity index (χ2v) is 7.13. The number of nitrogens with one attached hydrogen (secondary N) is 1. The van der Waals surface area contributed by atoms with Crippen LogP contribution < -0.4 is 5.32 Å². The Bertz CT molecular complexity index is 552. The maximum atomic E-state index is 3.65. The van der Waals surface area contributed by atoms with Crippen LogP contribution in [0.1, 0.15) is 31.9 Å². The van der Waals surface area contributed by atoms with Gasteiger partial charge in [0.2, 0.25) is 0 Å². The van der Waals surface area contributed by atoms with Crippen molar-refractivity contribution in [1.29, 1.82) is 0 Å². The molecule has 2 aromatic carbocycles. The Hall–Kier alpha value is -0.800. The van der Waals surface area contributed by atoms with Crippen LogP contribution in [-0.2, 0) is 0 Å². The van der Waals surface area contributed by atoms with Gasteiger partial charge in [0.1, 0.15) is 0 Å². The third kappa shape index (κ3) is 4.35. The fourth-order valence-electron chi connectivity index (χ4n) is 2.23. The Balaban J connectivity index is 2.24. The van der Waals surface area contributed by atoms with Crippen LogP contribution in [0.2, 0.25) is 0 Å². The molecule has 0 aromatic heterocycles. The summed E-state index contributed by atoms with van der Waals surface area (Å²) in [4.78, 5) is 0. The van der Waals surface area contributed by atoms with E-state index in [1.165, 1.54) is 5.56 Å². The number of halogens is 2. The van der Waals surface area contributed by atoms with E-state index in [1.54, 1.807) is 0 Å². The van der Waals surface area contributed by atoms with Crippen LogP contribution in [0, 0.1) is 5.92 Å². The lowest BCUT2D eigenvalue weighted by Crippen LogP contribution is -2.13. The summed E-state index contributed by atoms with van der Waals surface area (Å²) in [5.74, 6) is 0.641. The maximum absolute atomic E-state index is 3.65. The van der Waals surface area contributed by atoms with E-state index in [4.69, 9.17) is 0 Å². The van der Waals surface area contributed by atoms with Crippen molar-refractivity contribution in [3.05, 3.63) is 63.0 Å². The number of benzene rings is 2. The van der Waals surface area contributed by atoms with Gasteiger partial charge < -0.3 is 5.32 Å². The van der Waals surface area contributed by atoms with Gasteiger partial charge in [-0.2, -0.15) is 0 Å². The molecule has 0 aliphatic rings. The van der Waals surface area contributed by atoms with Crippen LogP contribution in [0.4, 0.5) is 5.69 Å². The molecule has 0 fully saturated rings. The van der Waals surface area contributed by atoms with Gasteiger partial charge in [-0.15, -0.1) is 0 Å². The van der Waals surface area contributed by atoms with Gasteiger partial charge in [-0.3, -0.25) is 0 Å². The second-order valence-electron chi connectivity index (χ2n) is 5.36. The highest BCUT2D eigenvalue weighted by Crippen LogP contribution is 2.31. The smallest absolute Gasteiger partial charge is 0.0516 e. The van der Waals surface area contributed by atoms with Crippen LogP contribution in [0.15, 0.2) is 57.5 Å². The van der Waals surface area contributed by atoms with Gasteiger partial charge in [-0.05, 0) is 52.0 Å². The molecule has 20 heavy (non-hydrogen) atoms. The molecule has 0 aliphatic carbocycles. The molecule has 106 valence electrons. The molecule has 0 radical (unpaired) electrons. The van der Waals surface area contributed by atoms with E-state index < -0.39 is 0 Å². The summed E-state index contributed by atoms with van der Waals surface area (Å²) in [7, 11) is 0. The molecule has 0 heterocycles. The fraction of sp³-hybridized carbons (Fsp3) is 0.294.